The van der Waals surface area contributed by atoms with Gasteiger partial charge in [-0.15, -0.1) is 9.73 Å². The van der Waals surface area contributed by atoms with Crippen molar-refractivity contribution in [2.24, 2.45) is 0 Å². The second-order valence-corrected chi connectivity index (χ2v) is 4.53. The molecule has 0 atom stereocenters. The molecular weight excluding hydrogens is 272 g/mol. The van der Waals surface area contributed by atoms with Crippen LogP contribution in [0.3, 0.4) is 0 Å². The summed E-state index contributed by atoms with van der Waals surface area (Å²) in [7, 11) is 1.32. The van der Waals surface area contributed by atoms with E-state index >= 15 is 0 Å². The molecular formula is C14H12N4O3. The molecule has 2 heterocycles. The van der Waals surface area contributed by atoms with Crippen LogP contribution < -0.4 is 5.56 Å². The highest BCUT2D eigenvalue weighted by molar-refractivity contribution is 5.89. The van der Waals surface area contributed by atoms with Crippen molar-refractivity contribution in [3.8, 4) is 11.4 Å². The number of methoxy groups -OCH3 is 1. The molecule has 21 heavy (non-hydrogen) atoms. The molecule has 0 aliphatic carbocycles. The average Bonchev–Trinajstić information content (AvgIpc) is 2.87. The number of nitrogens with zero attached hydrogens (tertiary/aromatic N) is 3. The lowest BCUT2D eigenvalue weighted by Crippen LogP contribution is -2.14. The number of carbonyl (C=O) groups is 1. The number of rotatable bonds is 2. The first-order chi connectivity index (χ1) is 10.1. The molecule has 7 heteroatoms. The fraction of sp³-hybridized carbons (Fsp3) is 0.143. The number of H-pyrrole nitrogens is 1. The largest absolute Gasteiger partial charge is 0.465 e. The fourth-order valence-corrected chi connectivity index (χ4v) is 2.02. The maximum Gasteiger partial charge on any atom is 0.337 e. The number of hydrogen-bond donors (Lipinski definition) is 1. The third kappa shape index (κ3) is 2.29. The van der Waals surface area contributed by atoms with Gasteiger partial charge in [0.1, 0.15) is 0 Å². The van der Waals surface area contributed by atoms with Gasteiger partial charge in [-0.05, 0) is 25.1 Å². The minimum atomic E-state index is -0.416. The number of esters is 1. The molecule has 3 aromatic rings. The van der Waals surface area contributed by atoms with E-state index in [9.17, 15) is 9.59 Å². The van der Waals surface area contributed by atoms with Crippen LogP contribution in [0.5, 0.6) is 0 Å². The highest BCUT2D eigenvalue weighted by atomic mass is 16.5. The summed E-state index contributed by atoms with van der Waals surface area (Å²) < 4.78 is 5.94. The van der Waals surface area contributed by atoms with Gasteiger partial charge in [0, 0.05) is 5.56 Å². The molecule has 0 unspecified atom stereocenters. The van der Waals surface area contributed by atoms with Crippen LogP contribution in [0.25, 0.3) is 16.9 Å². The van der Waals surface area contributed by atoms with E-state index in [1.54, 1.807) is 37.3 Å². The zero-order valence-corrected chi connectivity index (χ0v) is 11.5. The van der Waals surface area contributed by atoms with Gasteiger partial charge in [-0.25, -0.2) is 4.79 Å². The Morgan fingerprint density at radius 3 is 2.62 bits per heavy atom. The third-order valence-corrected chi connectivity index (χ3v) is 3.05. The van der Waals surface area contributed by atoms with Gasteiger partial charge >= 0.3 is 5.97 Å². The molecule has 106 valence electrons. The first-order valence-electron chi connectivity index (χ1n) is 6.24. The molecule has 0 bridgehead atoms. The molecule has 0 radical (unpaired) electrons. The van der Waals surface area contributed by atoms with E-state index < -0.39 is 5.97 Å². The summed E-state index contributed by atoms with van der Waals surface area (Å²) in [5, 5.41) is 8.39. The zero-order chi connectivity index (χ0) is 15.0. The average molecular weight is 284 g/mol. The molecule has 7 nitrogen and oxygen atoms in total. The molecule has 1 N–H and O–H groups in total. The zero-order valence-electron chi connectivity index (χ0n) is 11.5. The van der Waals surface area contributed by atoms with E-state index in [1.165, 1.54) is 11.7 Å². The summed E-state index contributed by atoms with van der Waals surface area (Å²) >= 11 is 0. The molecule has 0 saturated heterocycles. The van der Waals surface area contributed by atoms with Crippen LogP contribution >= 0.6 is 0 Å². The summed E-state index contributed by atoms with van der Waals surface area (Å²) in [6.45, 7) is 1.79. The van der Waals surface area contributed by atoms with Crippen LogP contribution in [0.1, 0.15) is 16.1 Å². The van der Waals surface area contributed by atoms with Crippen molar-refractivity contribution >= 4 is 11.5 Å². The Kier molecular flexibility index (Phi) is 3.02. The number of aryl methyl sites for hydroxylation is 1. The lowest BCUT2D eigenvalue weighted by Gasteiger charge is -2.03. The van der Waals surface area contributed by atoms with Crippen LogP contribution in [0.4, 0.5) is 0 Å². The minimum Gasteiger partial charge on any atom is -0.465 e. The molecule has 1 aromatic carbocycles. The summed E-state index contributed by atoms with van der Waals surface area (Å²) in [4.78, 5) is 26.1. The van der Waals surface area contributed by atoms with E-state index in [-0.39, 0.29) is 5.56 Å². The maximum atomic E-state index is 12.0. The van der Waals surface area contributed by atoms with E-state index in [4.69, 9.17) is 0 Å². The minimum absolute atomic E-state index is 0.266. The topological polar surface area (TPSA) is 89.3 Å². The number of nitrogens with one attached hydrogen (secondary N) is 1. The number of fused-ring (bicyclic) bond motifs is 1. The van der Waals surface area contributed by atoms with Gasteiger partial charge in [0.2, 0.25) is 0 Å². The predicted molar refractivity (Wildman–Crippen MR) is 75.1 cm³/mol. The fourth-order valence-electron chi connectivity index (χ4n) is 2.02. The van der Waals surface area contributed by atoms with Crippen LogP contribution in [0.15, 0.2) is 35.1 Å². The van der Waals surface area contributed by atoms with Gasteiger partial charge in [-0.3, -0.25) is 4.79 Å². The first-order valence-corrected chi connectivity index (χ1v) is 6.24. The van der Waals surface area contributed by atoms with E-state index in [1.807, 2.05) is 0 Å². The lowest BCUT2D eigenvalue weighted by atomic mass is 10.1. The summed E-state index contributed by atoms with van der Waals surface area (Å²) in [6, 6.07) is 8.26. The number of aromatic amines is 1. The summed E-state index contributed by atoms with van der Waals surface area (Å²) in [5.41, 5.74) is 1.95. The number of aromatic nitrogens is 4. The highest BCUT2D eigenvalue weighted by Crippen LogP contribution is 2.15. The number of carbonyl (C=O) groups excluding carboxylic acids is 1. The lowest BCUT2D eigenvalue weighted by molar-refractivity contribution is 0.0601. The Hall–Kier alpha value is -2.96. The third-order valence-electron chi connectivity index (χ3n) is 3.05. The van der Waals surface area contributed by atoms with Gasteiger partial charge in [0.15, 0.2) is 11.3 Å². The van der Waals surface area contributed by atoms with Crippen molar-refractivity contribution in [1.82, 2.24) is 19.8 Å². The van der Waals surface area contributed by atoms with Gasteiger partial charge in [-0.2, -0.15) is 5.10 Å². The van der Waals surface area contributed by atoms with Gasteiger partial charge in [0.25, 0.3) is 5.56 Å². The van der Waals surface area contributed by atoms with Crippen LogP contribution in [0, 0.1) is 6.92 Å². The second kappa shape index (κ2) is 4.86. The Bertz CT molecular complexity index is 877. The maximum absolute atomic E-state index is 12.0. The van der Waals surface area contributed by atoms with Crippen LogP contribution in [-0.2, 0) is 4.74 Å². The number of benzene rings is 1. The summed E-state index contributed by atoms with van der Waals surface area (Å²) in [5.74, 6) is -0.0341. The van der Waals surface area contributed by atoms with Crippen LogP contribution in [0.2, 0.25) is 0 Å². The Labute approximate surface area is 119 Å². The van der Waals surface area contributed by atoms with Crippen molar-refractivity contribution in [2.75, 3.05) is 7.11 Å². The molecule has 0 aliphatic heterocycles. The normalized spacial score (nSPS) is 10.8. The smallest absolute Gasteiger partial charge is 0.337 e. The van der Waals surface area contributed by atoms with E-state index in [2.05, 4.69) is 19.9 Å². The van der Waals surface area contributed by atoms with Gasteiger partial charge < -0.3 is 9.72 Å². The monoisotopic (exact) mass is 284 g/mol. The van der Waals surface area contributed by atoms with Gasteiger partial charge in [0.05, 0.1) is 18.4 Å². The highest BCUT2D eigenvalue weighted by Gasteiger charge is 2.09. The SMILES string of the molecule is COC(=O)c1ccc(-c2nn3nc(C)cc3c(=O)[nH]2)cc1. The number of hydrogen-bond acceptors (Lipinski definition) is 5. The second-order valence-electron chi connectivity index (χ2n) is 4.53. The molecule has 0 amide bonds. The Balaban J connectivity index is 2.07. The van der Waals surface area contributed by atoms with Crippen molar-refractivity contribution in [3.63, 3.8) is 0 Å². The van der Waals surface area contributed by atoms with Crippen molar-refractivity contribution in [3.05, 3.63) is 51.9 Å². The molecule has 2 aromatic heterocycles. The Morgan fingerprint density at radius 2 is 1.95 bits per heavy atom. The molecule has 0 spiro atoms. The molecule has 0 aliphatic rings. The van der Waals surface area contributed by atoms with Crippen molar-refractivity contribution in [1.29, 1.82) is 0 Å². The van der Waals surface area contributed by atoms with E-state index in [0.29, 0.717) is 28.2 Å². The molecule has 0 saturated carbocycles. The van der Waals surface area contributed by atoms with Crippen molar-refractivity contribution in [2.45, 2.75) is 6.92 Å². The number of ether oxygens (including phenoxy) is 1. The Morgan fingerprint density at radius 1 is 1.24 bits per heavy atom. The summed E-state index contributed by atoms with van der Waals surface area (Å²) in [6.07, 6.45) is 0. The van der Waals surface area contributed by atoms with Crippen molar-refractivity contribution < 1.29 is 9.53 Å². The quantitative estimate of drug-likeness (QED) is 0.714. The van der Waals surface area contributed by atoms with E-state index in [0.717, 1.165) is 0 Å². The van der Waals surface area contributed by atoms with Gasteiger partial charge in [-0.1, -0.05) is 12.1 Å². The van der Waals surface area contributed by atoms with Crippen LogP contribution in [-0.4, -0.2) is 32.9 Å². The molecule has 0 fully saturated rings. The standard InChI is InChI=1S/C14H12N4O3/c1-8-7-11-13(19)15-12(17-18(11)16-8)9-3-5-10(6-4-9)14(20)21-2/h3-7H,1-2H3,(H,15,17,19). The first kappa shape index (κ1) is 13.0. The predicted octanol–water partition coefficient (Wildman–Crippen LogP) is 1.18. The molecule has 3 rings (SSSR count).